The molecule has 34 heavy (non-hydrogen) atoms. The monoisotopic (exact) mass is 455 g/mol. The van der Waals surface area contributed by atoms with Crippen molar-refractivity contribution in [1.82, 2.24) is 0 Å². The van der Waals surface area contributed by atoms with Crippen LogP contribution in [-0.2, 0) is 6.42 Å². The molecule has 0 aromatic heterocycles. The molecular weight excluding hydrogens is 418 g/mol. The molecule has 0 bridgehead atoms. The third-order valence-electron chi connectivity index (χ3n) is 6.14. The maximum absolute atomic E-state index is 12.5. The van der Waals surface area contributed by atoms with Crippen molar-refractivity contribution in [3.8, 4) is 0 Å². The lowest BCUT2D eigenvalue weighted by atomic mass is 10.0. The van der Waals surface area contributed by atoms with Crippen LogP contribution in [0.2, 0.25) is 0 Å². The average Bonchev–Trinajstić information content (AvgIpc) is 2.88. The van der Waals surface area contributed by atoms with E-state index in [9.17, 15) is 9.59 Å². The van der Waals surface area contributed by atoms with Crippen molar-refractivity contribution in [2.24, 2.45) is 0 Å². The zero-order valence-electron chi connectivity index (χ0n) is 20.8. The van der Waals surface area contributed by atoms with E-state index in [0.717, 1.165) is 66.7 Å². The van der Waals surface area contributed by atoms with Gasteiger partial charge in [-0.05, 0) is 85.5 Å². The SMILES string of the molecule is CCCCC(=O)c1ccc(N(c2ccc(CCC)cc2)c2ccc(C(=O)CCCC)cc2)cc1. The first-order valence-electron chi connectivity index (χ1n) is 12.7. The second kappa shape index (κ2) is 12.9. The minimum Gasteiger partial charge on any atom is -0.311 e. The molecule has 178 valence electrons. The summed E-state index contributed by atoms with van der Waals surface area (Å²) >= 11 is 0. The van der Waals surface area contributed by atoms with E-state index in [1.165, 1.54) is 5.56 Å². The molecule has 0 unspecified atom stereocenters. The molecule has 0 amide bonds. The van der Waals surface area contributed by atoms with Gasteiger partial charge in [0.2, 0.25) is 0 Å². The molecule has 0 saturated heterocycles. The Kier molecular flexibility index (Phi) is 9.63. The fourth-order valence-electron chi connectivity index (χ4n) is 4.10. The lowest BCUT2D eigenvalue weighted by Gasteiger charge is -2.26. The topological polar surface area (TPSA) is 37.4 Å². The highest BCUT2D eigenvalue weighted by molar-refractivity contribution is 5.97. The van der Waals surface area contributed by atoms with Crippen LogP contribution >= 0.6 is 0 Å². The van der Waals surface area contributed by atoms with Crippen LogP contribution in [0.5, 0.6) is 0 Å². The number of nitrogens with zero attached hydrogens (tertiary/aromatic N) is 1. The van der Waals surface area contributed by atoms with Crippen molar-refractivity contribution in [2.75, 3.05) is 4.90 Å². The van der Waals surface area contributed by atoms with Gasteiger partial charge in [-0.25, -0.2) is 0 Å². The normalized spacial score (nSPS) is 10.8. The van der Waals surface area contributed by atoms with Gasteiger partial charge in [0.1, 0.15) is 0 Å². The van der Waals surface area contributed by atoms with Crippen LogP contribution in [-0.4, -0.2) is 11.6 Å². The lowest BCUT2D eigenvalue weighted by molar-refractivity contribution is 0.0972. The van der Waals surface area contributed by atoms with Crippen molar-refractivity contribution in [2.45, 2.75) is 72.1 Å². The van der Waals surface area contributed by atoms with E-state index in [-0.39, 0.29) is 11.6 Å². The van der Waals surface area contributed by atoms with Gasteiger partial charge in [0.05, 0.1) is 0 Å². The van der Waals surface area contributed by atoms with E-state index >= 15 is 0 Å². The molecule has 0 aliphatic heterocycles. The number of rotatable bonds is 13. The Balaban J connectivity index is 1.93. The third-order valence-corrected chi connectivity index (χ3v) is 6.14. The summed E-state index contributed by atoms with van der Waals surface area (Å²) in [5, 5.41) is 0. The summed E-state index contributed by atoms with van der Waals surface area (Å²) in [4.78, 5) is 27.1. The number of benzene rings is 3. The van der Waals surface area contributed by atoms with Crippen LogP contribution in [0.4, 0.5) is 17.1 Å². The van der Waals surface area contributed by atoms with Gasteiger partial charge in [-0.1, -0.05) is 52.2 Å². The highest BCUT2D eigenvalue weighted by Crippen LogP contribution is 2.35. The predicted octanol–water partition coefficient (Wildman–Crippen LogP) is 8.85. The number of unbranched alkanes of at least 4 members (excludes halogenated alkanes) is 2. The van der Waals surface area contributed by atoms with Crippen molar-refractivity contribution >= 4 is 28.6 Å². The van der Waals surface area contributed by atoms with Gasteiger partial charge in [0.15, 0.2) is 11.6 Å². The highest BCUT2D eigenvalue weighted by Gasteiger charge is 2.15. The number of aryl methyl sites for hydroxylation is 1. The van der Waals surface area contributed by atoms with Crippen LogP contribution in [0, 0.1) is 0 Å². The third kappa shape index (κ3) is 6.66. The quantitative estimate of drug-likeness (QED) is 0.242. The number of hydrogen-bond donors (Lipinski definition) is 0. The first kappa shape index (κ1) is 25.4. The maximum atomic E-state index is 12.5. The number of hydrogen-bond acceptors (Lipinski definition) is 3. The first-order chi connectivity index (χ1) is 16.6. The molecule has 3 heteroatoms. The number of carbonyl (C=O) groups is 2. The molecule has 3 aromatic carbocycles. The van der Waals surface area contributed by atoms with Gasteiger partial charge in [-0.15, -0.1) is 0 Å². The molecule has 0 N–H and O–H groups in total. The predicted molar refractivity (Wildman–Crippen MR) is 143 cm³/mol. The van der Waals surface area contributed by atoms with Gasteiger partial charge in [0.25, 0.3) is 0 Å². The van der Waals surface area contributed by atoms with Crippen molar-refractivity contribution in [3.05, 3.63) is 89.5 Å². The number of anilines is 3. The Morgan fingerprint density at radius 1 is 0.559 bits per heavy atom. The fraction of sp³-hybridized carbons (Fsp3) is 0.355. The van der Waals surface area contributed by atoms with Crippen LogP contribution in [0.1, 0.15) is 92.0 Å². The lowest BCUT2D eigenvalue weighted by Crippen LogP contribution is -2.11. The minimum absolute atomic E-state index is 0.193. The summed E-state index contributed by atoms with van der Waals surface area (Å²) in [6.45, 7) is 6.39. The van der Waals surface area contributed by atoms with E-state index in [0.29, 0.717) is 12.8 Å². The summed E-state index contributed by atoms with van der Waals surface area (Å²) in [6, 6.07) is 24.4. The smallest absolute Gasteiger partial charge is 0.162 e. The zero-order valence-corrected chi connectivity index (χ0v) is 20.8. The maximum Gasteiger partial charge on any atom is 0.162 e. The first-order valence-corrected chi connectivity index (χ1v) is 12.7. The molecular formula is C31H37NO2. The van der Waals surface area contributed by atoms with E-state index in [2.05, 4.69) is 49.9 Å². The Hall–Kier alpha value is -3.20. The molecule has 3 nitrogen and oxygen atoms in total. The molecule has 3 aromatic rings. The van der Waals surface area contributed by atoms with Crippen LogP contribution in [0.25, 0.3) is 0 Å². The number of ketones is 2. The molecule has 0 saturated carbocycles. The molecule has 0 heterocycles. The van der Waals surface area contributed by atoms with Gasteiger partial charge in [0, 0.05) is 41.0 Å². The van der Waals surface area contributed by atoms with E-state index in [1.54, 1.807) is 0 Å². The van der Waals surface area contributed by atoms with Crippen molar-refractivity contribution in [3.63, 3.8) is 0 Å². The number of Topliss-reactive ketones (excluding diaryl/α,β-unsaturated/α-hetero) is 2. The summed E-state index contributed by atoms with van der Waals surface area (Å²) in [7, 11) is 0. The largest absolute Gasteiger partial charge is 0.311 e. The Bertz CT molecular complexity index is 987. The minimum atomic E-state index is 0.193. The molecule has 0 aliphatic rings. The van der Waals surface area contributed by atoms with Crippen molar-refractivity contribution in [1.29, 1.82) is 0 Å². The second-order valence-electron chi connectivity index (χ2n) is 8.90. The Morgan fingerprint density at radius 3 is 1.29 bits per heavy atom. The van der Waals surface area contributed by atoms with Gasteiger partial charge >= 0.3 is 0 Å². The van der Waals surface area contributed by atoms with Crippen molar-refractivity contribution < 1.29 is 9.59 Å². The van der Waals surface area contributed by atoms with E-state index < -0.39 is 0 Å². The number of carbonyl (C=O) groups excluding carboxylic acids is 2. The summed E-state index contributed by atoms with van der Waals surface area (Å²) in [6.07, 6.45) is 7.22. The van der Waals surface area contributed by atoms with Gasteiger partial charge in [-0.2, -0.15) is 0 Å². The van der Waals surface area contributed by atoms with E-state index in [4.69, 9.17) is 0 Å². The standard InChI is InChI=1S/C31H37NO2/c1-4-7-10-30(33)25-14-20-28(21-15-25)32(27-18-12-24(9-6-3)13-19-27)29-22-16-26(17-23-29)31(34)11-8-5-2/h12-23H,4-11H2,1-3H3. The Morgan fingerprint density at radius 2 is 0.941 bits per heavy atom. The van der Waals surface area contributed by atoms with Crippen LogP contribution in [0.3, 0.4) is 0 Å². The summed E-state index contributed by atoms with van der Waals surface area (Å²) in [5.74, 6) is 0.387. The second-order valence-corrected chi connectivity index (χ2v) is 8.90. The molecule has 0 fully saturated rings. The van der Waals surface area contributed by atoms with E-state index in [1.807, 2.05) is 48.5 Å². The summed E-state index contributed by atoms with van der Waals surface area (Å²) in [5.41, 5.74) is 5.86. The van der Waals surface area contributed by atoms with Crippen LogP contribution in [0.15, 0.2) is 72.8 Å². The van der Waals surface area contributed by atoms with Gasteiger partial charge in [-0.3, -0.25) is 9.59 Å². The average molecular weight is 456 g/mol. The Labute approximate surface area is 204 Å². The molecule has 0 atom stereocenters. The molecule has 0 spiro atoms. The van der Waals surface area contributed by atoms with Gasteiger partial charge < -0.3 is 4.90 Å². The van der Waals surface area contributed by atoms with Crippen LogP contribution < -0.4 is 4.90 Å². The highest BCUT2D eigenvalue weighted by atomic mass is 16.1. The fourth-order valence-corrected chi connectivity index (χ4v) is 4.10. The summed E-state index contributed by atoms with van der Waals surface area (Å²) < 4.78 is 0. The molecule has 3 rings (SSSR count). The molecule has 0 aliphatic carbocycles. The zero-order chi connectivity index (χ0) is 24.3. The molecule has 0 radical (unpaired) electrons.